The first-order valence-electron chi connectivity index (χ1n) is 3.77. The minimum absolute atomic E-state index is 0.0104. The SMILES string of the molecule is O=C(OC[SiH3])c1ccc(I)cc1F. The van der Waals surface area contributed by atoms with Crippen molar-refractivity contribution in [1.29, 1.82) is 0 Å². The quantitative estimate of drug-likeness (QED) is 0.461. The summed E-state index contributed by atoms with van der Waals surface area (Å²) in [6.07, 6.45) is 0.393. The average molecular weight is 310 g/mol. The molecule has 0 atom stereocenters. The van der Waals surface area contributed by atoms with Crippen LogP contribution in [-0.2, 0) is 4.74 Å². The van der Waals surface area contributed by atoms with E-state index in [9.17, 15) is 9.18 Å². The van der Waals surface area contributed by atoms with Gasteiger partial charge in [-0.25, -0.2) is 9.18 Å². The van der Waals surface area contributed by atoms with E-state index >= 15 is 0 Å². The van der Waals surface area contributed by atoms with E-state index in [0.29, 0.717) is 6.23 Å². The Kier molecular flexibility index (Phi) is 3.85. The molecule has 5 heteroatoms. The molecular weight excluding hydrogens is 302 g/mol. The monoisotopic (exact) mass is 310 g/mol. The third-order valence-electron chi connectivity index (χ3n) is 1.43. The van der Waals surface area contributed by atoms with E-state index < -0.39 is 11.8 Å². The Balaban J connectivity index is 2.95. The molecule has 0 aliphatic heterocycles. The van der Waals surface area contributed by atoms with Crippen LogP contribution < -0.4 is 0 Å². The molecule has 0 bridgehead atoms. The van der Waals surface area contributed by atoms with Gasteiger partial charge in [-0.2, -0.15) is 0 Å². The highest BCUT2D eigenvalue weighted by Crippen LogP contribution is 2.12. The molecule has 1 rings (SSSR count). The van der Waals surface area contributed by atoms with E-state index in [1.807, 2.05) is 22.6 Å². The first-order valence-corrected chi connectivity index (χ1v) is 6.26. The van der Waals surface area contributed by atoms with Gasteiger partial charge in [-0.1, -0.05) is 0 Å². The van der Waals surface area contributed by atoms with Gasteiger partial charge < -0.3 is 4.74 Å². The maximum atomic E-state index is 13.1. The minimum Gasteiger partial charge on any atom is -0.467 e. The molecule has 70 valence electrons. The lowest BCUT2D eigenvalue weighted by atomic mass is 10.2. The fourth-order valence-corrected chi connectivity index (χ4v) is 1.58. The lowest BCUT2D eigenvalue weighted by molar-refractivity contribution is 0.0568. The summed E-state index contributed by atoms with van der Waals surface area (Å²) in [6.45, 7) is 0. The van der Waals surface area contributed by atoms with Crippen LogP contribution in [-0.4, -0.2) is 22.4 Å². The number of carbonyl (C=O) groups excluding carboxylic acids is 1. The normalized spacial score (nSPS) is 10.0. The fraction of sp³-hybridized carbons (Fsp3) is 0.125. The van der Waals surface area contributed by atoms with Gasteiger partial charge in [0.2, 0.25) is 0 Å². The standard InChI is InChI=1S/C8H8FIO2Si/c9-7-3-5(10)1-2-6(7)8(11)12-4-13/h1-3H,4H2,13H3. The number of rotatable bonds is 2. The lowest BCUT2D eigenvalue weighted by Crippen LogP contribution is -2.08. The van der Waals surface area contributed by atoms with Crippen LogP contribution in [0.1, 0.15) is 10.4 Å². The summed E-state index contributed by atoms with van der Waals surface area (Å²) < 4.78 is 18.6. The number of carbonyl (C=O) groups is 1. The van der Waals surface area contributed by atoms with Crippen LogP contribution in [0, 0.1) is 9.39 Å². The Hall–Kier alpha value is -0.433. The Morgan fingerprint density at radius 2 is 2.31 bits per heavy atom. The molecule has 0 radical (unpaired) electrons. The molecule has 0 aliphatic carbocycles. The smallest absolute Gasteiger partial charge is 0.340 e. The Labute approximate surface area is 92.0 Å². The molecule has 0 unspecified atom stereocenters. The summed E-state index contributed by atoms with van der Waals surface area (Å²) >= 11 is 1.98. The highest BCUT2D eigenvalue weighted by molar-refractivity contribution is 14.1. The second kappa shape index (κ2) is 4.71. The Bertz CT molecular complexity index is 330. The molecule has 0 heterocycles. The third kappa shape index (κ3) is 2.77. The zero-order valence-electron chi connectivity index (χ0n) is 7.01. The molecule has 0 saturated heterocycles. The van der Waals surface area contributed by atoms with Crippen molar-refractivity contribution in [2.24, 2.45) is 0 Å². The van der Waals surface area contributed by atoms with Crippen molar-refractivity contribution in [3.8, 4) is 0 Å². The van der Waals surface area contributed by atoms with Crippen LogP contribution >= 0.6 is 22.6 Å². The van der Waals surface area contributed by atoms with Crippen LogP contribution in [0.3, 0.4) is 0 Å². The molecule has 0 N–H and O–H groups in total. The van der Waals surface area contributed by atoms with E-state index in [1.54, 1.807) is 6.07 Å². The molecule has 0 aliphatic rings. The van der Waals surface area contributed by atoms with Crippen LogP contribution in [0.4, 0.5) is 4.39 Å². The summed E-state index contributed by atoms with van der Waals surface area (Å²) in [7, 11) is 0.767. The number of ether oxygens (including phenoxy) is 1. The number of hydrogen-bond acceptors (Lipinski definition) is 2. The van der Waals surface area contributed by atoms with Gasteiger partial charge in [-0.05, 0) is 40.8 Å². The van der Waals surface area contributed by atoms with E-state index in [-0.39, 0.29) is 5.56 Å². The first-order chi connectivity index (χ1) is 6.15. The van der Waals surface area contributed by atoms with Gasteiger partial charge in [0.1, 0.15) is 5.82 Å². The van der Waals surface area contributed by atoms with Crippen molar-refractivity contribution < 1.29 is 13.9 Å². The molecule has 0 aromatic heterocycles. The summed E-state index contributed by atoms with van der Waals surface area (Å²) in [5.41, 5.74) is 0.0104. The van der Waals surface area contributed by atoms with Crippen LogP contribution in [0.25, 0.3) is 0 Å². The van der Waals surface area contributed by atoms with Gasteiger partial charge >= 0.3 is 5.97 Å². The van der Waals surface area contributed by atoms with Gasteiger partial charge in [-0.15, -0.1) is 0 Å². The molecule has 1 aromatic carbocycles. The van der Waals surface area contributed by atoms with Gasteiger partial charge in [-0.3, -0.25) is 0 Å². The van der Waals surface area contributed by atoms with Crippen molar-refractivity contribution in [3.63, 3.8) is 0 Å². The van der Waals surface area contributed by atoms with Gasteiger partial charge in [0.25, 0.3) is 0 Å². The fourth-order valence-electron chi connectivity index (χ4n) is 0.864. The number of halogens is 2. The molecule has 13 heavy (non-hydrogen) atoms. The molecule has 0 spiro atoms. The highest BCUT2D eigenvalue weighted by atomic mass is 127. The van der Waals surface area contributed by atoms with Crippen molar-refractivity contribution in [3.05, 3.63) is 33.1 Å². The molecule has 2 nitrogen and oxygen atoms in total. The molecule has 0 fully saturated rings. The second-order valence-electron chi connectivity index (χ2n) is 2.34. The molecule has 0 amide bonds. The minimum atomic E-state index is -0.580. The maximum Gasteiger partial charge on any atom is 0.340 e. The molecule has 1 aromatic rings. The molecule has 0 saturated carbocycles. The number of hydrogen-bond donors (Lipinski definition) is 0. The summed E-state index contributed by atoms with van der Waals surface area (Å²) in [4.78, 5) is 11.1. The summed E-state index contributed by atoms with van der Waals surface area (Å²) in [6, 6.07) is 4.42. The predicted octanol–water partition coefficient (Wildman–Crippen LogP) is 0.910. The van der Waals surface area contributed by atoms with Gasteiger partial charge in [0.05, 0.1) is 22.0 Å². The van der Waals surface area contributed by atoms with Crippen molar-refractivity contribution >= 4 is 38.8 Å². The van der Waals surface area contributed by atoms with Crippen LogP contribution in [0.5, 0.6) is 0 Å². The largest absolute Gasteiger partial charge is 0.467 e. The number of benzene rings is 1. The first kappa shape index (κ1) is 10.6. The van der Waals surface area contributed by atoms with Crippen LogP contribution in [0.15, 0.2) is 18.2 Å². The second-order valence-corrected chi connectivity index (χ2v) is 4.17. The molecular formula is C8H8FIO2Si. The van der Waals surface area contributed by atoms with Crippen molar-refractivity contribution in [2.45, 2.75) is 0 Å². The Morgan fingerprint density at radius 3 is 2.85 bits per heavy atom. The number of esters is 1. The van der Waals surface area contributed by atoms with E-state index in [0.717, 1.165) is 13.8 Å². The zero-order valence-corrected chi connectivity index (χ0v) is 11.2. The Morgan fingerprint density at radius 1 is 1.62 bits per heavy atom. The third-order valence-corrected chi connectivity index (χ3v) is 2.39. The summed E-state index contributed by atoms with van der Waals surface area (Å²) in [5.74, 6) is -1.10. The van der Waals surface area contributed by atoms with Gasteiger partial charge in [0, 0.05) is 3.57 Å². The van der Waals surface area contributed by atoms with E-state index in [2.05, 4.69) is 0 Å². The topological polar surface area (TPSA) is 26.3 Å². The van der Waals surface area contributed by atoms with Crippen molar-refractivity contribution in [1.82, 2.24) is 0 Å². The highest BCUT2D eigenvalue weighted by Gasteiger charge is 2.11. The lowest BCUT2D eigenvalue weighted by Gasteiger charge is -2.02. The predicted molar refractivity (Wildman–Crippen MR) is 59.3 cm³/mol. The van der Waals surface area contributed by atoms with E-state index in [4.69, 9.17) is 4.74 Å². The van der Waals surface area contributed by atoms with Crippen LogP contribution in [0.2, 0.25) is 0 Å². The average Bonchev–Trinajstić information content (AvgIpc) is 2.04. The van der Waals surface area contributed by atoms with Crippen molar-refractivity contribution in [2.75, 3.05) is 6.23 Å². The summed E-state index contributed by atoms with van der Waals surface area (Å²) in [5, 5.41) is 0. The van der Waals surface area contributed by atoms with E-state index in [1.165, 1.54) is 12.1 Å². The zero-order chi connectivity index (χ0) is 9.84. The van der Waals surface area contributed by atoms with Gasteiger partial charge in [0.15, 0.2) is 0 Å². The maximum absolute atomic E-state index is 13.1.